The highest BCUT2D eigenvalue weighted by atomic mass is 16.6. The zero-order chi connectivity index (χ0) is 21.2. The van der Waals surface area contributed by atoms with Crippen LogP contribution in [0.4, 0.5) is 0 Å². The molecule has 2 heterocycles. The monoisotopic (exact) mass is 407 g/mol. The van der Waals surface area contributed by atoms with Crippen molar-refractivity contribution >= 4 is 11.9 Å². The van der Waals surface area contributed by atoms with E-state index in [2.05, 4.69) is 4.90 Å². The van der Waals surface area contributed by atoms with Crippen molar-refractivity contribution in [2.45, 2.75) is 38.0 Å². The number of rotatable bonds is 7. The molecule has 3 rings (SSSR count). The van der Waals surface area contributed by atoms with E-state index in [0.29, 0.717) is 5.95 Å². The lowest BCUT2D eigenvalue weighted by Gasteiger charge is -2.25. The molecule has 4 N–H and O–H groups in total. The van der Waals surface area contributed by atoms with E-state index in [1.54, 1.807) is 0 Å². The van der Waals surface area contributed by atoms with Gasteiger partial charge in [0.05, 0.1) is 6.54 Å². The molecule has 158 valence electrons. The lowest BCUT2D eigenvalue weighted by Crippen LogP contribution is -2.39. The number of piperidine rings is 1. The molecule has 0 aliphatic carbocycles. The third-order valence-corrected chi connectivity index (χ3v) is 4.23. The summed E-state index contributed by atoms with van der Waals surface area (Å²) in [7, 11) is 0. The van der Waals surface area contributed by atoms with Gasteiger partial charge < -0.3 is 29.6 Å². The van der Waals surface area contributed by atoms with Gasteiger partial charge in [0.25, 0.3) is 5.95 Å². The molecule has 1 aromatic carbocycles. The average Bonchev–Trinajstić information content (AvgIpc) is 3.15. The van der Waals surface area contributed by atoms with Gasteiger partial charge >= 0.3 is 11.9 Å². The van der Waals surface area contributed by atoms with Gasteiger partial charge in [0.1, 0.15) is 11.5 Å². The Kier molecular flexibility index (Phi) is 8.66. The van der Waals surface area contributed by atoms with Gasteiger partial charge in [0, 0.05) is 6.07 Å². The highest BCUT2D eigenvalue weighted by Crippen LogP contribution is 2.24. The van der Waals surface area contributed by atoms with E-state index in [4.69, 9.17) is 29.6 Å². The Morgan fingerprint density at radius 3 is 2.07 bits per heavy atom. The standard InChI is InChI=1S/C16H19NO2.C4H6O6/c1-3-7-14(8-4-1)18-16-10-9-15(19-16)13-17-11-5-2-6-12-17;5-1(3(7)8)2(6)4(9)10/h1,3-4,7-10H,2,5-6,11-13H2;1-2,5-6H,(H,7,8)(H,9,10)/t;1-,2-/m.1/s1. The Balaban J connectivity index is 0.000000257. The van der Waals surface area contributed by atoms with E-state index < -0.39 is 24.1 Å². The summed E-state index contributed by atoms with van der Waals surface area (Å²) in [5.74, 6) is -1.18. The first kappa shape index (κ1) is 22.4. The predicted molar refractivity (Wildman–Crippen MR) is 102 cm³/mol. The van der Waals surface area contributed by atoms with Gasteiger partial charge in [-0.25, -0.2) is 9.59 Å². The van der Waals surface area contributed by atoms with E-state index in [0.717, 1.165) is 18.1 Å². The molecule has 0 bridgehead atoms. The van der Waals surface area contributed by atoms with Crippen LogP contribution in [-0.4, -0.2) is 62.6 Å². The fraction of sp³-hybridized carbons (Fsp3) is 0.400. The third kappa shape index (κ3) is 7.57. The van der Waals surface area contributed by atoms with Crippen molar-refractivity contribution in [2.75, 3.05) is 13.1 Å². The molecule has 0 spiro atoms. The summed E-state index contributed by atoms with van der Waals surface area (Å²) in [5.41, 5.74) is 0. The highest BCUT2D eigenvalue weighted by molar-refractivity contribution is 5.83. The maximum atomic E-state index is 9.77. The summed E-state index contributed by atoms with van der Waals surface area (Å²) in [5, 5.41) is 32.5. The van der Waals surface area contributed by atoms with Crippen LogP contribution in [0.3, 0.4) is 0 Å². The second-order valence-electron chi connectivity index (χ2n) is 6.54. The zero-order valence-electron chi connectivity index (χ0n) is 15.8. The van der Waals surface area contributed by atoms with Crippen molar-refractivity contribution in [1.82, 2.24) is 4.90 Å². The van der Waals surface area contributed by atoms with Crippen LogP contribution in [-0.2, 0) is 16.1 Å². The lowest BCUT2D eigenvalue weighted by atomic mass is 10.1. The molecule has 1 aliphatic heterocycles. The minimum atomic E-state index is -2.27. The van der Waals surface area contributed by atoms with Crippen molar-refractivity contribution in [3.63, 3.8) is 0 Å². The summed E-state index contributed by atoms with van der Waals surface area (Å²) in [4.78, 5) is 22.0. The maximum Gasteiger partial charge on any atom is 0.335 e. The molecule has 29 heavy (non-hydrogen) atoms. The van der Waals surface area contributed by atoms with Crippen molar-refractivity contribution in [2.24, 2.45) is 0 Å². The fourth-order valence-electron chi connectivity index (χ4n) is 2.71. The number of carboxylic acid groups (broad SMARTS) is 2. The average molecular weight is 407 g/mol. The number of furan rings is 1. The molecular formula is C20H25NO8. The summed E-state index contributed by atoms with van der Waals surface area (Å²) in [6.45, 7) is 3.24. The first-order valence-electron chi connectivity index (χ1n) is 9.22. The Morgan fingerprint density at radius 1 is 0.931 bits per heavy atom. The lowest BCUT2D eigenvalue weighted by molar-refractivity contribution is -0.165. The third-order valence-electron chi connectivity index (χ3n) is 4.23. The van der Waals surface area contributed by atoms with Crippen molar-refractivity contribution < 1.29 is 39.2 Å². The molecule has 0 unspecified atom stereocenters. The minimum Gasteiger partial charge on any atom is -0.479 e. The molecule has 9 heteroatoms. The number of carboxylic acids is 2. The predicted octanol–water partition coefficient (Wildman–Crippen LogP) is 1.94. The first-order valence-corrected chi connectivity index (χ1v) is 9.22. The zero-order valence-corrected chi connectivity index (χ0v) is 15.8. The molecule has 1 aliphatic rings. The van der Waals surface area contributed by atoms with E-state index in [-0.39, 0.29) is 0 Å². The van der Waals surface area contributed by atoms with Crippen LogP contribution in [0.5, 0.6) is 11.7 Å². The largest absolute Gasteiger partial charge is 0.479 e. The summed E-state index contributed by atoms with van der Waals surface area (Å²) in [6, 6.07) is 13.6. The van der Waals surface area contributed by atoms with E-state index in [1.165, 1.54) is 32.4 Å². The molecule has 0 radical (unpaired) electrons. The van der Waals surface area contributed by atoms with Gasteiger partial charge in [0.15, 0.2) is 12.2 Å². The van der Waals surface area contributed by atoms with Crippen molar-refractivity contribution in [3.05, 3.63) is 48.2 Å². The number of benzene rings is 1. The van der Waals surface area contributed by atoms with Gasteiger partial charge in [-0.2, -0.15) is 0 Å². The SMILES string of the molecule is O=C(O)[C@H](O)[C@@H](O)C(=O)O.c1ccc(Oc2ccc(CN3CCCCC3)o2)cc1. The van der Waals surface area contributed by atoms with Gasteiger partial charge in [-0.3, -0.25) is 4.90 Å². The second-order valence-corrected chi connectivity index (χ2v) is 6.54. The van der Waals surface area contributed by atoms with Crippen LogP contribution in [0.25, 0.3) is 0 Å². The molecule has 0 amide bonds. The Morgan fingerprint density at radius 2 is 1.52 bits per heavy atom. The van der Waals surface area contributed by atoms with Crippen LogP contribution >= 0.6 is 0 Å². The molecule has 1 fully saturated rings. The van der Waals surface area contributed by atoms with Crippen LogP contribution in [0.15, 0.2) is 46.9 Å². The quantitative estimate of drug-likeness (QED) is 0.542. The van der Waals surface area contributed by atoms with Crippen LogP contribution in [0.2, 0.25) is 0 Å². The Hall–Kier alpha value is -2.88. The van der Waals surface area contributed by atoms with Crippen LogP contribution in [0.1, 0.15) is 25.0 Å². The molecule has 9 nitrogen and oxygen atoms in total. The molecular weight excluding hydrogens is 382 g/mol. The summed E-state index contributed by atoms with van der Waals surface area (Å²) in [6.07, 6.45) is -0.575. The van der Waals surface area contributed by atoms with Gasteiger partial charge in [-0.1, -0.05) is 24.6 Å². The number of carbonyl (C=O) groups is 2. The van der Waals surface area contributed by atoms with Crippen LogP contribution < -0.4 is 4.74 Å². The molecule has 2 aromatic rings. The Bertz CT molecular complexity index is 752. The van der Waals surface area contributed by atoms with E-state index >= 15 is 0 Å². The number of hydrogen-bond donors (Lipinski definition) is 4. The number of ether oxygens (including phenoxy) is 1. The molecule has 1 saturated heterocycles. The number of para-hydroxylation sites is 1. The summed E-state index contributed by atoms with van der Waals surface area (Å²) < 4.78 is 11.4. The van der Waals surface area contributed by atoms with E-state index in [9.17, 15) is 9.59 Å². The topological polar surface area (TPSA) is 141 Å². The molecule has 2 atom stereocenters. The maximum absolute atomic E-state index is 9.77. The molecule has 0 saturated carbocycles. The molecule has 1 aromatic heterocycles. The second kappa shape index (κ2) is 11.2. The Labute approximate surface area is 167 Å². The number of aliphatic carboxylic acids is 2. The highest BCUT2D eigenvalue weighted by Gasteiger charge is 2.29. The number of hydrogen-bond acceptors (Lipinski definition) is 7. The van der Waals surface area contributed by atoms with Gasteiger partial charge in [-0.05, 0) is 44.1 Å². The first-order chi connectivity index (χ1) is 13.9. The smallest absolute Gasteiger partial charge is 0.335 e. The van der Waals surface area contributed by atoms with E-state index in [1.807, 2.05) is 42.5 Å². The normalized spacial score (nSPS) is 16.2. The minimum absolute atomic E-state index is 0.568. The number of aliphatic hydroxyl groups is 2. The summed E-state index contributed by atoms with van der Waals surface area (Å²) >= 11 is 0. The van der Waals surface area contributed by atoms with Gasteiger partial charge in [0.2, 0.25) is 0 Å². The van der Waals surface area contributed by atoms with Crippen molar-refractivity contribution in [3.8, 4) is 11.7 Å². The van der Waals surface area contributed by atoms with Crippen LogP contribution in [0, 0.1) is 0 Å². The number of aliphatic hydroxyl groups excluding tert-OH is 2. The van der Waals surface area contributed by atoms with Gasteiger partial charge in [-0.15, -0.1) is 0 Å². The van der Waals surface area contributed by atoms with Crippen molar-refractivity contribution in [1.29, 1.82) is 0 Å². The fourth-order valence-corrected chi connectivity index (χ4v) is 2.71. The number of likely N-dealkylation sites (tertiary alicyclic amines) is 1. The number of nitrogens with zero attached hydrogens (tertiary/aromatic N) is 1.